The van der Waals surface area contributed by atoms with Gasteiger partial charge in [-0.3, -0.25) is 19.4 Å². The van der Waals surface area contributed by atoms with Crippen LogP contribution in [0.3, 0.4) is 0 Å². The number of carboxylic acid groups (broad SMARTS) is 1. The van der Waals surface area contributed by atoms with Crippen LogP contribution in [0.4, 0.5) is 9.18 Å². The molecule has 0 aromatic heterocycles. The van der Waals surface area contributed by atoms with Crippen LogP contribution in [-0.4, -0.2) is 45.8 Å². The number of likely N-dealkylation sites (N-methyl/N-ethyl adjacent to an activating group) is 1. The van der Waals surface area contributed by atoms with Gasteiger partial charge in [-0.2, -0.15) is 0 Å². The van der Waals surface area contributed by atoms with Gasteiger partial charge >= 0.3 is 23.8 Å². The number of nitrogens with zero attached hydrogens (tertiary/aromatic N) is 2. The van der Waals surface area contributed by atoms with Gasteiger partial charge in [0, 0.05) is 7.05 Å². The third kappa shape index (κ3) is 2.11. The fourth-order valence-electron chi connectivity index (χ4n) is 1.77. The van der Waals surface area contributed by atoms with Crippen LogP contribution in [0, 0.1) is 5.82 Å². The molecule has 0 saturated carbocycles. The monoisotopic (exact) mass is 280 g/mol. The van der Waals surface area contributed by atoms with Crippen molar-refractivity contribution in [1.29, 1.82) is 0 Å². The molecule has 1 aliphatic heterocycles. The zero-order valence-corrected chi connectivity index (χ0v) is 10.3. The summed E-state index contributed by atoms with van der Waals surface area (Å²) in [4.78, 5) is 46.4. The van der Waals surface area contributed by atoms with E-state index in [0.717, 1.165) is 19.2 Å². The predicted molar refractivity (Wildman–Crippen MR) is 62.1 cm³/mol. The van der Waals surface area contributed by atoms with Crippen LogP contribution < -0.4 is 0 Å². The third-order valence-electron chi connectivity index (χ3n) is 2.86. The highest BCUT2D eigenvalue weighted by Crippen LogP contribution is 2.17. The Morgan fingerprint density at radius 3 is 2.35 bits per heavy atom. The lowest BCUT2D eigenvalue weighted by molar-refractivity contribution is -0.143. The van der Waals surface area contributed by atoms with E-state index in [0.29, 0.717) is 9.80 Å². The number of carboxylic acids is 1. The molecule has 104 valence electrons. The van der Waals surface area contributed by atoms with Crippen LogP contribution in [-0.2, 0) is 16.1 Å². The fraction of sp³-hybridized carbons (Fsp3) is 0.167. The van der Waals surface area contributed by atoms with E-state index in [1.165, 1.54) is 6.07 Å². The van der Waals surface area contributed by atoms with Gasteiger partial charge in [0.2, 0.25) is 0 Å². The number of urea groups is 1. The first-order chi connectivity index (χ1) is 9.32. The van der Waals surface area contributed by atoms with E-state index in [1.807, 2.05) is 0 Å². The Bertz CT molecular complexity index is 643. The highest BCUT2D eigenvalue weighted by atomic mass is 19.1. The largest absolute Gasteiger partial charge is 0.478 e. The van der Waals surface area contributed by atoms with Gasteiger partial charge in [-0.05, 0) is 17.7 Å². The maximum Gasteiger partial charge on any atom is 0.338 e. The van der Waals surface area contributed by atoms with Crippen LogP contribution in [0.5, 0.6) is 0 Å². The van der Waals surface area contributed by atoms with Crippen molar-refractivity contribution in [2.75, 3.05) is 7.05 Å². The minimum Gasteiger partial charge on any atom is -0.478 e. The van der Waals surface area contributed by atoms with Crippen molar-refractivity contribution in [2.45, 2.75) is 6.54 Å². The maximum atomic E-state index is 13.5. The third-order valence-corrected chi connectivity index (χ3v) is 2.86. The molecule has 0 atom stereocenters. The minimum absolute atomic E-state index is 0.206. The van der Waals surface area contributed by atoms with Crippen molar-refractivity contribution in [3.63, 3.8) is 0 Å². The Kier molecular flexibility index (Phi) is 3.23. The van der Waals surface area contributed by atoms with Gasteiger partial charge in [0.15, 0.2) is 0 Å². The quantitative estimate of drug-likeness (QED) is 0.640. The normalized spacial score (nSPS) is 15.2. The number of carbonyl (C=O) groups is 4. The van der Waals surface area contributed by atoms with Crippen molar-refractivity contribution < 1.29 is 28.7 Å². The van der Waals surface area contributed by atoms with Crippen LogP contribution in [0.25, 0.3) is 0 Å². The average Bonchev–Trinajstić information content (AvgIpc) is 2.56. The standard InChI is InChI=1S/C12H9FN2O5/c1-14-9(16)10(17)15(12(14)20)5-6-2-3-7(11(18)19)8(13)4-6/h2-4H,5H2,1H3,(H,18,19). The molecule has 8 heteroatoms. The summed E-state index contributed by atoms with van der Waals surface area (Å²) in [7, 11) is 1.16. The predicted octanol–water partition coefficient (Wildman–Crippen LogP) is 0.444. The Morgan fingerprint density at radius 2 is 1.90 bits per heavy atom. The summed E-state index contributed by atoms with van der Waals surface area (Å²) in [6, 6.07) is 2.41. The first-order valence-corrected chi connectivity index (χ1v) is 5.48. The zero-order chi connectivity index (χ0) is 15.0. The lowest BCUT2D eigenvalue weighted by Crippen LogP contribution is -2.31. The Balaban J connectivity index is 2.25. The summed E-state index contributed by atoms with van der Waals surface area (Å²) in [6.45, 7) is -0.301. The summed E-state index contributed by atoms with van der Waals surface area (Å²) >= 11 is 0. The molecule has 0 bridgehead atoms. The fourth-order valence-corrected chi connectivity index (χ4v) is 1.77. The first kappa shape index (κ1) is 13.7. The van der Waals surface area contributed by atoms with Crippen molar-refractivity contribution in [3.8, 4) is 0 Å². The van der Waals surface area contributed by atoms with Crippen LogP contribution in [0.15, 0.2) is 18.2 Å². The smallest absolute Gasteiger partial charge is 0.338 e. The van der Waals surface area contributed by atoms with Crippen molar-refractivity contribution in [1.82, 2.24) is 9.80 Å². The number of imide groups is 2. The van der Waals surface area contributed by atoms with Crippen LogP contribution >= 0.6 is 0 Å². The topological polar surface area (TPSA) is 95.0 Å². The zero-order valence-electron chi connectivity index (χ0n) is 10.3. The first-order valence-electron chi connectivity index (χ1n) is 5.48. The van der Waals surface area contributed by atoms with E-state index in [9.17, 15) is 23.6 Å². The molecule has 0 unspecified atom stereocenters. The minimum atomic E-state index is -1.42. The number of aromatic carboxylic acids is 1. The van der Waals surface area contributed by atoms with Crippen molar-refractivity contribution in [3.05, 3.63) is 35.1 Å². The maximum absolute atomic E-state index is 13.5. The molecule has 4 amide bonds. The van der Waals surface area contributed by atoms with E-state index in [1.54, 1.807) is 0 Å². The molecular formula is C12H9FN2O5. The summed E-state index contributed by atoms with van der Waals surface area (Å²) in [6.07, 6.45) is 0. The number of benzene rings is 1. The van der Waals surface area contributed by atoms with E-state index in [4.69, 9.17) is 5.11 Å². The second kappa shape index (κ2) is 4.72. The summed E-state index contributed by atoms with van der Waals surface area (Å²) in [5, 5.41) is 8.68. The van der Waals surface area contributed by atoms with Gasteiger partial charge < -0.3 is 5.11 Å². The molecule has 0 aliphatic carbocycles. The Hall–Kier alpha value is -2.77. The molecule has 1 N–H and O–H groups in total. The lowest BCUT2D eigenvalue weighted by atomic mass is 10.1. The molecule has 0 radical (unpaired) electrons. The van der Waals surface area contributed by atoms with Crippen LogP contribution in [0.1, 0.15) is 15.9 Å². The second-order valence-corrected chi connectivity index (χ2v) is 4.16. The molecule has 1 aromatic carbocycles. The molecular weight excluding hydrogens is 271 g/mol. The van der Waals surface area contributed by atoms with Gasteiger partial charge in [-0.25, -0.2) is 14.0 Å². The van der Waals surface area contributed by atoms with Crippen LogP contribution in [0.2, 0.25) is 0 Å². The number of rotatable bonds is 3. The average molecular weight is 280 g/mol. The molecule has 1 aromatic rings. The Labute approximate surface area is 112 Å². The van der Waals surface area contributed by atoms with E-state index < -0.39 is 35.2 Å². The molecule has 1 saturated heterocycles. The number of hydrogen-bond donors (Lipinski definition) is 1. The van der Waals surface area contributed by atoms with Crippen molar-refractivity contribution >= 4 is 23.8 Å². The van der Waals surface area contributed by atoms with E-state index >= 15 is 0 Å². The van der Waals surface area contributed by atoms with E-state index in [-0.39, 0.29) is 12.1 Å². The number of amides is 4. The summed E-state index contributed by atoms with van der Waals surface area (Å²) < 4.78 is 13.5. The number of halogens is 1. The number of hydrogen-bond acceptors (Lipinski definition) is 4. The second-order valence-electron chi connectivity index (χ2n) is 4.16. The number of carbonyl (C=O) groups excluding carboxylic acids is 3. The van der Waals surface area contributed by atoms with E-state index in [2.05, 4.69) is 0 Å². The molecule has 1 aliphatic rings. The van der Waals surface area contributed by atoms with Gasteiger partial charge in [-0.15, -0.1) is 0 Å². The molecule has 0 spiro atoms. The molecule has 7 nitrogen and oxygen atoms in total. The lowest BCUT2D eigenvalue weighted by Gasteiger charge is -2.13. The summed E-state index contributed by atoms with van der Waals surface area (Å²) in [5.41, 5.74) is -0.307. The molecule has 2 rings (SSSR count). The van der Waals surface area contributed by atoms with Gasteiger partial charge in [0.05, 0.1) is 12.1 Å². The molecule has 20 heavy (non-hydrogen) atoms. The summed E-state index contributed by atoms with van der Waals surface area (Å²) in [5.74, 6) is -4.36. The SMILES string of the molecule is CN1C(=O)C(=O)N(Cc2ccc(C(=O)O)c(F)c2)C1=O. The van der Waals surface area contributed by atoms with Gasteiger partial charge in [0.1, 0.15) is 5.82 Å². The van der Waals surface area contributed by atoms with Crippen molar-refractivity contribution in [2.24, 2.45) is 0 Å². The van der Waals surface area contributed by atoms with Gasteiger partial charge in [-0.1, -0.05) is 6.07 Å². The molecule has 1 fully saturated rings. The van der Waals surface area contributed by atoms with Gasteiger partial charge in [0.25, 0.3) is 0 Å². The highest BCUT2D eigenvalue weighted by molar-refractivity contribution is 6.44. The Morgan fingerprint density at radius 1 is 1.25 bits per heavy atom. The molecule has 1 heterocycles. The highest BCUT2D eigenvalue weighted by Gasteiger charge is 2.42.